The van der Waals surface area contributed by atoms with E-state index in [1.54, 1.807) is 41.2 Å². The Bertz CT molecular complexity index is 1310. The first-order valence-electron chi connectivity index (χ1n) is 12.2. The fourth-order valence-corrected chi connectivity index (χ4v) is 5.17. The number of piperazine rings is 1. The Morgan fingerprint density at radius 1 is 1.03 bits per heavy atom. The van der Waals surface area contributed by atoms with Crippen LogP contribution in [-0.2, 0) is 6.42 Å². The lowest BCUT2D eigenvalue weighted by molar-refractivity contribution is 0.229. The summed E-state index contributed by atoms with van der Waals surface area (Å²) in [5, 5.41) is 15.0. The number of phenols is 1. The molecule has 0 saturated carbocycles. The first-order chi connectivity index (χ1) is 17.4. The van der Waals surface area contributed by atoms with Gasteiger partial charge in [0.05, 0.1) is 22.1 Å². The number of amides is 2. The lowest BCUT2D eigenvalue weighted by Gasteiger charge is -2.31. The zero-order chi connectivity index (χ0) is 25.4. The smallest absolute Gasteiger partial charge is 0.324 e. The number of aromatic hydroxyl groups is 1. The number of likely N-dealkylation sites (N-methyl/N-ethyl adjacent to an activating group) is 1. The van der Waals surface area contributed by atoms with Crippen molar-refractivity contribution in [2.75, 3.05) is 56.1 Å². The van der Waals surface area contributed by atoms with Gasteiger partial charge >= 0.3 is 6.03 Å². The van der Waals surface area contributed by atoms with Crippen molar-refractivity contribution in [3.63, 3.8) is 0 Å². The highest BCUT2D eigenvalue weighted by Crippen LogP contribution is 2.42. The van der Waals surface area contributed by atoms with E-state index in [0.29, 0.717) is 46.1 Å². The van der Waals surface area contributed by atoms with E-state index in [2.05, 4.69) is 22.1 Å². The zero-order valence-corrected chi connectivity index (χ0v) is 21.1. The van der Waals surface area contributed by atoms with Crippen molar-refractivity contribution in [3.05, 3.63) is 59.1 Å². The highest BCUT2D eigenvalue weighted by molar-refractivity contribution is 6.34. The molecule has 9 heteroatoms. The predicted molar refractivity (Wildman–Crippen MR) is 142 cm³/mol. The number of aromatic nitrogens is 1. The molecule has 0 atom stereocenters. The highest BCUT2D eigenvalue weighted by atomic mass is 35.5. The maximum Gasteiger partial charge on any atom is 0.324 e. The number of nitrogens with zero attached hydrogens (tertiary/aromatic N) is 4. The van der Waals surface area contributed by atoms with Crippen molar-refractivity contribution in [2.45, 2.75) is 13.3 Å². The van der Waals surface area contributed by atoms with Crippen molar-refractivity contribution < 1.29 is 14.3 Å². The molecule has 0 radical (unpaired) electrons. The van der Waals surface area contributed by atoms with Gasteiger partial charge in [0.2, 0.25) is 0 Å². The summed E-state index contributed by atoms with van der Waals surface area (Å²) in [4.78, 5) is 22.6. The average molecular weight is 510 g/mol. The van der Waals surface area contributed by atoms with Crippen molar-refractivity contribution in [3.8, 4) is 28.0 Å². The van der Waals surface area contributed by atoms with Crippen LogP contribution in [0.1, 0.15) is 12.6 Å². The Labute approximate surface area is 215 Å². The molecule has 7 nitrogen and oxygen atoms in total. The van der Waals surface area contributed by atoms with Crippen molar-refractivity contribution in [1.29, 1.82) is 0 Å². The maximum atomic E-state index is 14.9. The summed E-state index contributed by atoms with van der Waals surface area (Å²) in [6.45, 7) is 6.72. The summed E-state index contributed by atoms with van der Waals surface area (Å²) < 4.78 is 14.9. The molecule has 5 rings (SSSR count). The summed E-state index contributed by atoms with van der Waals surface area (Å²) in [7, 11) is 1.74. The van der Waals surface area contributed by atoms with Crippen molar-refractivity contribution in [2.24, 2.45) is 0 Å². The molecule has 0 unspecified atom stereocenters. The zero-order valence-electron chi connectivity index (χ0n) is 20.4. The molecule has 0 bridgehead atoms. The minimum atomic E-state index is -0.474. The van der Waals surface area contributed by atoms with E-state index >= 15 is 0 Å². The number of halogens is 2. The normalized spacial score (nSPS) is 16.2. The van der Waals surface area contributed by atoms with Gasteiger partial charge in [-0.1, -0.05) is 24.6 Å². The molecule has 2 aliphatic heterocycles. The molecular weight excluding hydrogens is 481 g/mol. The Hall–Kier alpha value is -3.36. The van der Waals surface area contributed by atoms with Gasteiger partial charge in [-0.2, -0.15) is 0 Å². The summed E-state index contributed by atoms with van der Waals surface area (Å²) in [6, 6.07) is 9.63. The van der Waals surface area contributed by atoms with E-state index in [-0.39, 0.29) is 11.8 Å². The molecule has 3 heterocycles. The number of pyridine rings is 1. The molecule has 2 aromatic carbocycles. The van der Waals surface area contributed by atoms with Gasteiger partial charge in [-0.15, -0.1) is 0 Å². The monoisotopic (exact) mass is 509 g/mol. The molecule has 2 amide bonds. The predicted octanol–water partition coefficient (Wildman–Crippen LogP) is 4.76. The second kappa shape index (κ2) is 9.95. The van der Waals surface area contributed by atoms with Gasteiger partial charge in [-0.25, -0.2) is 9.18 Å². The van der Waals surface area contributed by atoms with Crippen LogP contribution in [0.3, 0.4) is 0 Å². The number of hydrogen-bond acceptors (Lipinski definition) is 5. The molecule has 2 aliphatic rings. The summed E-state index contributed by atoms with van der Waals surface area (Å²) in [6.07, 6.45) is 2.47. The minimum Gasteiger partial charge on any atom is -0.507 e. The first-order valence-corrected chi connectivity index (χ1v) is 12.5. The fraction of sp³-hybridized carbons (Fsp3) is 0.333. The highest BCUT2D eigenvalue weighted by Gasteiger charge is 2.28. The van der Waals surface area contributed by atoms with Crippen molar-refractivity contribution >= 4 is 29.0 Å². The number of benzene rings is 2. The quantitative estimate of drug-likeness (QED) is 0.519. The van der Waals surface area contributed by atoms with Gasteiger partial charge < -0.3 is 20.2 Å². The van der Waals surface area contributed by atoms with Crippen LogP contribution in [0.5, 0.6) is 5.75 Å². The lowest BCUT2D eigenvalue weighted by atomic mass is 9.96. The number of phenolic OH excluding ortho intramolecular Hbond substituents is 1. The number of anilines is 2. The SMILES string of the molecule is CCc1ncc(-c2cc(F)cc(-c3ccc(N4CCN(C)C4=O)c(Cl)c3)c2O)cc1N1CCNCC1. The number of rotatable bonds is 5. The van der Waals surface area contributed by atoms with Gasteiger partial charge in [0, 0.05) is 69.2 Å². The number of urea groups is 1. The van der Waals surface area contributed by atoms with Crippen LogP contribution in [0.2, 0.25) is 5.02 Å². The largest absolute Gasteiger partial charge is 0.507 e. The van der Waals surface area contributed by atoms with E-state index in [9.17, 15) is 14.3 Å². The minimum absolute atomic E-state index is 0.0468. The topological polar surface area (TPSA) is 71.9 Å². The summed E-state index contributed by atoms with van der Waals surface area (Å²) in [5.41, 5.74) is 4.47. The third kappa shape index (κ3) is 4.47. The summed E-state index contributed by atoms with van der Waals surface area (Å²) >= 11 is 6.55. The molecule has 36 heavy (non-hydrogen) atoms. The molecule has 3 aromatic rings. The fourth-order valence-electron chi connectivity index (χ4n) is 4.88. The molecule has 188 valence electrons. The second-order valence-electron chi connectivity index (χ2n) is 9.15. The summed E-state index contributed by atoms with van der Waals surface area (Å²) in [5.74, 6) is -0.521. The third-order valence-corrected chi connectivity index (χ3v) is 7.19. The molecule has 1 aromatic heterocycles. The van der Waals surface area contributed by atoms with Gasteiger partial charge in [0.25, 0.3) is 0 Å². The van der Waals surface area contributed by atoms with Gasteiger partial charge in [0.15, 0.2) is 0 Å². The number of carbonyl (C=O) groups excluding carboxylic acids is 1. The van der Waals surface area contributed by atoms with Crippen LogP contribution in [-0.4, -0.2) is 67.3 Å². The molecule has 2 fully saturated rings. The van der Waals surface area contributed by atoms with Crippen LogP contribution in [0.25, 0.3) is 22.3 Å². The van der Waals surface area contributed by atoms with Gasteiger partial charge in [0.1, 0.15) is 11.6 Å². The van der Waals surface area contributed by atoms with Crippen LogP contribution >= 0.6 is 11.6 Å². The maximum absolute atomic E-state index is 14.9. The standard InChI is InChI=1S/C27H29ClFN5O2/c1-3-23-25(33-8-6-30-7-9-33)13-18(16-31-23)21-15-19(29)14-20(26(21)35)17-4-5-24(22(28)12-17)34-11-10-32(2)27(34)36/h4-5,12-16,30,35H,3,6-11H2,1-2H3. The number of carbonyl (C=O) groups is 1. The van der Waals surface area contributed by atoms with E-state index in [1.165, 1.54) is 12.1 Å². The second-order valence-corrected chi connectivity index (χ2v) is 9.56. The van der Waals surface area contributed by atoms with Crippen LogP contribution in [0.15, 0.2) is 42.6 Å². The van der Waals surface area contributed by atoms with E-state index in [4.69, 9.17) is 11.6 Å². The first kappa shape index (κ1) is 24.3. The van der Waals surface area contributed by atoms with Crippen molar-refractivity contribution in [1.82, 2.24) is 15.2 Å². The molecule has 2 N–H and O–H groups in total. The molecule has 2 saturated heterocycles. The average Bonchev–Trinajstić information content (AvgIpc) is 3.23. The number of aryl methyl sites for hydroxylation is 1. The van der Waals surface area contributed by atoms with E-state index in [1.807, 2.05) is 6.07 Å². The Morgan fingerprint density at radius 2 is 1.75 bits per heavy atom. The Balaban J connectivity index is 1.54. The van der Waals surface area contributed by atoms with E-state index < -0.39 is 5.82 Å². The van der Waals surface area contributed by atoms with Crippen LogP contribution < -0.4 is 15.1 Å². The third-order valence-electron chi connectivity index (χ3n) is 6.89. The van der Waals surface area contributed by atoms with Gasteiger partial charge in [-0.05, 0) is 42.3 Å². The molecular formula is C27H29ClFN5O2. The van der Waals surface area contributed by atoms with Gasteiger partial charge in [-0.3, -0.25) is 9.88 Å². The van der Waals surface area contributed by atoms with Crippen LogP contribution in [0, 0.1) is 5.82 Å². The number of nitrogens with one attached hydrogen (secondary N) is 1. The van der Waals surface area contributed by atoms with E-state index in [0.717, 1.165) is 44.0 Å². The van der Waals surface area contributed by atoms with Crippen LogP contribution in [0.4, 0.5) is 20.6 Å². The lowest BCUT2D eigenvalue weighted by Crippen LogP contribution is -2.44. The Morgan fingerprint density at radius 3 is 2.39 bits per heavy atom. The molecule has 0 spiro atoms. The molecule has 0 aliphatic carbocycles. The number of hydrogen-bond donors (Lipinski definition) is 2. The Kier molecular flexibility index (Phi) is 6.73.